The molecule has 0 aliphatic carbocycles. The van der Waals surface area contributed by atoms with Crippen molar-refractivity contribution in [3.63, 3.8) is 0 Å². The molecule has 0 spiro atoms. The lowest BCUT2D eigenvalue weighted by atomic mass is 10.1. The minimum Gasteiger partial charge on any atom is -0.329 e. The molecule has 22 heavy (non-hydrogen) atoms. The number of carbonyl (C=O) groups is 2. The standard InChI is InChI=1S/C17H23FN2O2/c1-14-17(22)19(12-15-8-4-2-5-9-15)13-16(21)20(14)11-7-3-6-10-18/h2,4-5,8-9,14H,3,6-7,10-13H2,1H3/t14-/m0/s1. The van der Waals surface area contributed by atoms with E-state index >= 15 is 0 Å². The van der Waals surface area contributed by atoms with E-state index in [1.165, 1.54) is 0 Å². The monoisotopic (exact) mass is 306 g/mol. The maximum atomic E-state index is 12.4. The van der Waals surface area contributed by atoms with Crippen LogP contribution in [0, 0.1) is 0 Å². The maximum absolute atomic E-state index is 12.4. The van der Waals surface area contributed by atoms with Gasteiger partial charge >= 0.3 is 0 Å². The minimum atomic E-state index is -0.435. The van der Waals surface area contributed by atoms with Gasteiger partial charge in [0.2, 0.25) is 11.8 Å². The van der Waals surface area contributed by atoms with E-state index in [0.29, 0.717) is 19.5 Å². The predicted molar refractivity (Wildman–Crippen MR) is 82.9 cm³/mol. The topological polar surface area (TPSA) is 40.6 Å². The zero-order valence-electron chi connectivity index (χ0n) is 13.0. The van der Waals surface area contributed by atoms with Gasteiger partial charge in [0.1, 0.15) is 12.6 Å². The molecule has 2 rings (SSSR count). The van der Waals surface area contributed by atoms with Crippen LogP contribution in [0.4, 0.5) is 4.39 Å². The van der Waals surface area contributed by atoms with Gasteiger partial charge in [-0.05, 0) is 31.7 Å². The van der Waals surface area contributed by atoms with Gasteiger partial charge in [-0.3, -0.25) is 14.0 Å². The van der Waals surface area contributed by atoms with Crippen molar-refractivity contribution in [2.75, 3.05) is 19.8 Å². The van der Waals surface area contributed by atoms with Crippen LogP contribution >= 0.6 is 0 Å². The van der Waals surface area contributed by atoms with Crippen molar-refractivity contribution in [3.8, 4) is 0 Å². The Kier molecular flexibility index (Phi) is 5.92. The van der Waals surface area contributed by atoms with Crippen molar-refractivity contribution in [2.24, 2.45) is 0 Å². The first-order valence-corrected chi connectivity index (χ1v) is 7.81. The van der Waals surface area contributed by atoms with Gasteiger partial charge in [0.25, 0.3) is 0 Å². The summed E-state index contributed by atoms with van der Waals surface area (Å²) in [4.78, 5) is 28.0. The maximum Gasteiger partial charge on any atom is 0.245 e. The molecule has 0 N–H and O–H groups in total. The number of hydrogen-bond acceptors (Lipinski definition) is 2. The van der Waals surface area contributed by atoms with Gasteiger partial charge in [-0.1, -0.05) is 30.3 Å². The molecule has 0 aromatic heterocycles. The van der Waals surface area contributed by atoms with Crippen LogP contribution in [0.3, 0.4) is 0 Å². The smallest absolute Gasteiger partial charge is 0.245 e. The molecule has 1 aliphatic rings. The fraction of sp³-hybridized carbons (Fsp3) is 0.529. The van der Waals surface area contributed by atoms with Crippen LogP contribution in [0.15, 0.2) is 30.3 Å². The number of unbranched alkanes of at least 4 members (excludes halogenated alkanes) is 2. The summed E-state index contributed by atoms with van der Waals surface area (Å²) in [7, 11) is 0. The molecule has 2 amide bonds. The van der Waals surface area contributed by atoms with Gasteiger partial charge in [0, 0.05) is 13.1 Å². The first-order valence-electron chi connectivity index (χ1n) is 7.81. The SMILES string of the molecule is C[C@H]1C(=O)N(Cc2ccccc2)CC(=O)N1CCCCCF. The summed E-state index contributed by atoms with van der Waals surface area (Å²) < 4.78 is 12.1. The molecular formula is C17H23FN2O2. The highest BCUT2D eigenvalue weighted by Crippen LogP contribution is 2.16. The quantitative estimate of drug-likeness (QED) is 0.726. The lowest BCUT2D eigenvalue weighted by Gasteiger charge is -2.38. The number of benzene rings is 1. The lowest BCUT2D eigenvalue weighted by Crippen LogP contribution is -2.58. The van der Waals surface area contributed by atoms with Crippen LogP contribution in [0.2, 0.25) is 0 Å². The van der Waals surface area contributed by atoms with Crippen LogP contribution < -0.4 is 0 Å². The summed E-state index contributed by atoms with van der Waals surface area (Å²) in [5, 5.41) is 0. The highest BCUT2D eigenvalue weighted by atomic mass is 19.1. The molecule has 1 saturated heterocycles. The van der Waals surface area contributed by atoms with Crippen LogP contribution in [0.1, 0.15) is 31.7 Å². The Morgan fingerprint density at radius 2 is 1.86 bits per heavy atom. The summed E-state index contributed by atoms with van der Waals surface area (Å²) in [6, 6.07) is 9.24. The van der Waals surface area contributed by atoms with Gasteiger partial charge in [0.15, 0.2) is 0 Å². The van der Waals surface area contributed by atoms with Crippen molar-refractivity contribution < 1.29 is 14.0 Å². The first-order chi connectivity index (χ1) is 10.6. The average molecular weight is 306 g/mol. The average Bonchev–Trinajstić information content (AvgIpc) is 2.52. The first kappa shape index (κ1) is 16.5. The van der Waals surface area contributed by atoms with Gasteiger partial charge in [-0.25, -0.2) is 0 Å². The molecule has 0 bridgehead atoms. The number of piperazine rings is 1. The number of hydrogen-bond donors (Lipinski definition) is 0. The van der Waals surface area contributed by atoms with E-state index in [-0.39, 0.29) is 25.0 Å². The molecule has 0 radical (unpaired) electrons. The van der Waals surface area contributed by atoms with Crippen LogP contribution in [-0.4, -0.2) is 47.4 Å². The van der Waals surface area contributed by atoms with E-state index in [4.69, 9.17) is 0 Å². The Balaban J connectivity index is 1.93. The Morgan fingerprint density at radius 3 is 2.55 bits per heavy atom. The number of rotatable bonds is 7. The van der Waals surface area contributed by atoms with E-state index in [9.17, 15) is 14.0 Å². The van der Waals surface area contributed by atoms with Gasteiger partial charge in [0.05, 0.1) is 6.67 Å². The second-order valence-corrected chi connectivity index (χ2v) is 5.69. The van der Waals surface area contributed by atoms with E-state index in [2.05, 4.69) is 0 Å². The Bertz CT molecular complexity index is 507. The summed E-state index contributed by atoms with van der Waals surface area (Å²) >= 11 is 0. The third kappa shape index (κ3) is 4.06. The third-order valence-electron chi connectivity index (χ3n) is 4.03. The van der Waals surface area contributed by atoms with Gasteiger partial charge in [-0.15, -0.1) is 0 Å². The highest BCUT2D eigenvalue weighted by molar-refractivity contribution is 5.94. The summed E-state index contributed by atoms with van der Waals surface area (Å²) in [6.07, 6.45) is 2.01. The zero-order chi connectivity index (χ0) is 15.9. The minimum absolute atomic E-state index is 0.0195. The molecule has 0 saturated carbocycles. The molecule has 1 heterocycles. The highest BCUT2D eigenvalue weighted by Gasteiger charge is 2.35. The molecular weight excluding hydrogens is 283 g/mol. The van der Waals surface area contributed by atoms with Crippen molar-refractivity contribution in [2.45, 2.75) is 38.8 Å². The molecule has 5 heteroatoms. The predicted octanol–water partition coefficient (Wildman–Crippen LogP) is 2.39. The van der Waals surface area contributed by atoms with Crippen molar-refractivity contribution in [1.29, 1.82) is 0 Å². The Hall–Kier alpha value is -1.91. The molecule has 0 unspecified atom stereocenters. The second-order valence-electron chi connectivity index (χ2n) is 5.69. The molecule has 1 atom stereocenters. The van der Waals surface area contributed by atoms with Crippen molar-refractivity contribution in [1.82, 2.24) is 9.80 Å². The van der Waals surface area contributed by atoms with E-state index in [0.717, 1.165) is 18.4 Å². The van der Waals surface area contributed by atoms with E-state index in [1.54, 1.807) is 16.7 Å². The Morgan fingerprint density at radius 1 is 1.14 bits per heavy atom. The van der Waals surface area contributed by atoms with Gasteiger partial charge < -0.3 is 9.80 Å². The lowest BCUT2D eigenvalue weighted by molar-refractivity contribution is -0.155. The number of amides is 2. The van der Waals surface area contributed by atoms with E-state index in [1.807, 2.05) is 30.3 Å². The van der Waals surface area contributed by atoms with Gasteiger partial charge in [-0.2, -0.15) is 0 Å². The summed E-state index contributed by atoms with van der Waals surface area (Å²) in [5.41, 5.74) is 1.02. The molecule has 1 aromatic carbocycles. The second kappa shape index (κ2) is 7.92. The fourth-order valence-electron chi connectivity index (χ4n) is 2.75. The normalized spacial score (nSPS) is 18.9. The van der Waals surface area contributed by atoms with Crippen LogP contribution in [0.25, 0.3) is 0 Å². The molecule has 120 valence electrons. The van der Waals surface area contributed by atoms with Crippen molar-refractivity contribution >= 4 is 11.8 Å². The summed E-state index contributed by atoms with van der Waals surface area (Å²) in [6.45, 7) is 2.57. The van der Waals surface area contributed by atoms with Crippen LogP contribution in [0.5, 0.6) is 0 Å². The molecule has 1 aliphatic heterocycles. The molecule has 1 aromatic rings. The zero-order valence-corrected chi connectivity index (χ0v) is 13.0. The molecule has 1 fully saturated rings. The molecule has 4 nitrogen and oxygen atoms in total. The van der Waals surface area contributed by atoms with E-state index < -0.39 is 6.04 Å². The number of carbonyl (C=O) groups excluding carboxylic acids is 2. The van der Waals surface area contributed by atoms with Crippen LogP contribution in [-0.2, 0) is 16.1 Å². The number of alkyl halides is 1. The summed E-state index contributed by atoms with van der Waals surface area (Å²) in [5.74, 6) is -0.0442. The largest absolute Gasteiger partial charge is 0.329 e. The number of nitrogens with zero attached hydrogens (tertiary/aromatic N) is 2. The number of halogens is 1. The third-order valence-corrected chi connectivity index (χ3v) is 4.03. The van der Waals surface area contributed by atoms with Crippen molar-refractivity contribution in [3.05, 3.63) is 35.9 Å². The fourth-order valence-corrected chi connectivity index (χ4v) is 2.75. The Labute approximate surface area is 130 Å².